The number of nitrogens with one attached hydrogen (secondary N) is 1. The van der Waals surface area contributed by atoms with E-state index in [-0.39, 0.29) is 91.2 Å². The molecule has 0 bridgehead atoms. The van der Waals surface area contributed by atoms with Crippen LogP contribution in [-0.2, 0) is 122 Å². The minimum Gasteiger partial charge on any atom is 0 e. The number of nitrogens with two attached hydrogens (primary N) is 3. The molecule has 1 fully saturated rings. The van der Waals surface area contributed by atoms with Crippen LogP contribution in [0.3, 0.4) is 0 Å². The van der Waals surface area contributed by atoms with Crippen molar-refractivity contribution in [1.29, 1.82) is 0 Å². The summed E-state index contributed by atoms with van der Waals surface area (Å²) in [6.45, 7) is 64.6. The van der Waals surface area contributed by atoms with Crippen molar-refractivity contribution >= 4 is 192 Å². The summed E-state index contributed by atoms with van der Waals surface area (Å²) in [5, 5.41) is 0. The van der Waals surface area contributed by atoms with Crippen LogP contribution in [0.5, 0.6) is 0 Å². The fourth-order valence-corrected chi connectivity index (χ4v) is 5.45. The second kappa shape index (κ2) is 137. The van der Waals surface area contributed by atoms with Crippen LogP contribution < -0.4 is 21.9 Å². The molecule has 0 atom stereocenters. The van der Waals surface area contributed by atoms with E-state index in [0.29, 0.717) is 15.2 Å². The van der Waals surface area contributed by atoms with Crippen molar-refractivity contribution in [3.63, 3.8) is 0 Å². The predicted molar refractivity (Wildman–Crippen MR) is 533 cm³/mol. The Morgan fingerprint density at radius 1 is 0.438 bits per heavy atom. The number of hydrogen-bond acceptors (Lipinski definition) is 11. The summed E-state index contributed by atoms with van der Waals surface area (Å²) in [5.41, 5.74) is 23.9. The van der Waals surface area contributed by atoms with Crippen LogP contribution in [-0.4, -0.2) is 29.1 Å². The summed E-state index contributed by atoms with van der Waals surface area (Å²) in [4.78, 5) is 0. The number of hydrogen-bond donors (Lipinski definition) is 4. The number of aryl methyl sites for hydroxylation is 4. The molecule has 613 valence electrons. The first-order valence-corrected chi connectivity index (χ1v) is 53.2. The second-order valence-corrected chi connectivity index (χ2v) is 40.2. The molecule has 23 heteroatoms. The van der Waals surface area contributed by atoms with Crippen LogP contribution in [0.1, 0.15) is 235 Å². The van der Waals surface area contributed by atoms with E-state index < -0.39 is 20.8 Å². The van der Waals surface area contributed by atoms with Crippen molar-refractivity contribution in [1.82, 2.24) is 0 Å². The topological polar surface area (TPSA) is 177 Å². The monoisotopic (exact) mass is 2390 g/mol. The summed E-state index contributed by atoms with van der Waals surface area (Å²) in [7, 11) is 0.142. The molecule has 105 heavy (non-hydrogen) atoms. The molecule has 0 amide bonds. The van der Waals surface area contributed by atoms with Crippen LogP contribution in [0.25, 0.3) is 0 Å². The molecule has 0 saturated carbocycles. The van der Waals surface area contributed by atoms with E-state index in [1.54, 1.807) is 12.1 Å². The van der Waals surface area contributed by atoms with Gasteiger partial charge in [0, 0.05) is 109 Å². The molecule has 1 saturated heterocycles. The quantitative estimate of drug-likeness (QED) is 0.0289. The molecule has 7 N–H and O–H groups in total. The Hall–Kier alpha value is 1.35. The van der Waals surface area contributed by atoms with Gasteiger partial charge < -0.3 is 55.5 Å². The molecule has 5 aliphatic rings. The summed E-state index contributed by atoms with van der Waals surface area (Å²) in [6.07, 6.45) is 38.0. The van der Waals surface area contributed by atoms with E-state index in [4.69, 9.17) is 34.9 Å². The third-order valence-corrected chi connectivity index (χ3v) is 9.88. The third-order valence-electron chi connectivity index (χ3n) is 9.48. The van der Waals surface area contributed by atoms with Crippen molar-refractivity contribution < 1.29 is 101 Å². The number of alkyl halides is 4. The van der Waals surface area contributed by atoms with E-state index in [2.05, 4.69) is 291 Å². The van der Waals surface area contributed by atoms with E-state index in [1.807, 2.05) is 258 Å². The molecule has 0 unspecified atom stereocenters. The Balaban J connectivity index is -0.0000000481. The van der Waals surface area contributed by atoms with Gasteiger partial charge in [0.25, 0.3) is 0 Å². The van der Waals surface area contributed by atoms with Crippen molar-refractivity contribution in [3.8, 4) is 0 Å². The molecule has 9 rings (SSSR count). The minimum absolute atomic E-state index is 0. The maximum atomic E-state index is 10.1. The molecule has 2 radical (unpaired) electrons. The Morgan fingerprint density at radius 2 is 0.571 bits per heavy atom. The molecule has 1 aliphatic heterocycles. The standard InChI is InChI=1S/C7H15BO2.C7H8NO2S.3C7H9N.4C5H6.C2H4I2.2C2H5I.10C2H6.CH3.ClO2S.2HI.V.2Y/c1-6(2)7(3,4)10-8(5)9-6;1-6-2-4-7(5-3-6)8-11(9)10;3*1-6-2-4-7(8)5-3-6;4*1-2-4-5-3-1;1-2(3)4;2*1-2-3;10*1-2;;1-4(2)3;;;;;/h1-5H3;2-5H,1H3,(H,8,9,10);3*2-5H,8H2,1H3;4*1-4H,5H2;2H,1H3;2*2H2,1H3;10*1-2H3;1H3;;2*1H;;;/q;-1;;;;;;;;;;;;;;;;;;;;;2*-1;;;+2;;/p-2. The Kier molecular flexibility index (Phi) is 198. The van der Waals surface area contributed by atoms with Gasteiger partial charge in [-0.15, -0.1) is 0 Å². The van der Waals surface area contributed by atoms with Gasteiger partial charge in [-0.3, -0.25) is 0 Å². The Bertz CT molecular complexity index is 2220. The van der Waals surface area contributed by atoms with Gasteiger partial charge in [-0.1, -0.05) is 411 Å². The van der Waals surface area contributed by atoms with Gasteiger partial charge in [-0.25, -0.2) is 0 Å². The van der Waals surface area contributed by atoms with Gasteiger partial charge in [-0.05, 0) is 152 Å². The molecular formula is C82H151BClI6N4O6S2VY2-3. The van der Waals surface area contributed by atoms with Gasteiger partial charge in [0.15, 0.2) is 0 Å². The predicted octanol–water partition coefficient (Wildman–Crippen LogP) is 32.1. The van der Waals surface area contributed by atoms with Crippen LogP contribution in [0, 0.1) is 35.1 Å². The zero-order chi connectivity index (χ0) is 83.6. The van der Waals surface area contributed by atoms with Crippen molar-refractivity contribution in [2.75, 3.05) is 30.8 Å². The average molecular weight is 2390 g/mol. The van der Waals surface area contributed by atoms with Crippen LogP contribution in [0.4, 0.5) is 22.7 Å². The van der Waals surface area contributed by atoms with Crippen molar-refractivity contribution in [3.05, 3.63) is 224 Å². The number of nitrogen functional groups attached to an aromatic ring is 3. The molecule has 10 nitrogen and oxygen atoms in total. The zero-order valence-electron chi connectivity index (χ0n) is 71.6. The smallest absolute Gasteiger partial charge is 0 e. The minimum atomic E-state index is -2.39. The number of benzene rings is 4. The Morgan fingerprint density at radius 3 is 0.657 bits per heavy atom. The molecule has 1 heterocycles. The first kappa shape index (κ1) is 151. The van der Waals surface area contributed by atoms with Crippen LogP contribution in [0.15, 0.2) is 194 Å². The molecule has 0 aromatic heterocycles. The first-order chi connectivity index (χ1) is 48.6. The van der Waals surface area contributed by atoms with Gasteiger partial charge in [0.2, 0.25) is 0 Å². The zero-order valence-corrected chi connectivity index (χ0v) is 94.0. The fraction of sp³-hybridized carbons (Fsp3) is 0.500. The Labute approximate surface area is 795 Å². The SMILES string of the molecule is C1=CCC=C1.C1=CCC=C1.C1=CCC=C1.C1=CCC=C1.CB1OC(C)(C)C(C)(C)O1.CC.CC.CC.CC.CC.CC.CC.CC.CC.CC.CC(I)I.CCI.CCI.Cc1ccc(N)cc1.Cc1ccc(N)cc1.Cc1ccc(N)cc1.Cc1ccc(N[S-](=O)=O)cc1.O=[S-](=O)Cl.[CH3-].[I][V][I].[Y].[Y]. The second-order valence-electron chi connectivity index (χ2n) is 17.4. The van der Waals surface area contributed by atoms with Gasteiger partial charge in [-0.2, -0.15) is 10.7 Å². The van der Waals surface area contributed by atoms with E-state index in [9.17, 15) is 8.42 Å². The number of allylic oxidation sites excluding steroid dienone is 16. The van der Waals surface area contributed by atoms with E-state index in [0.717, 1.165) is 50.2 Å². The van der Waals surface area contributed by atoms with E-state index in [1.165, 1.54) is 25.5 Å². The first-order valence-electron chi connectivity index (χ1n) is 35.7. The van der Waals surface area contributed by atoms with Gasteiger partial charge in [0.1, 0.15) is 0 Å². The molecule has 4 aromatic rings. The number of anilines is 4. The summed E-state index contributed by atoms with van der Waals surface area (Å²) in [5.74, 6) is 0. The van der Waals surface area contributed by atoms with Crippen molar-refractivity contribution in [2.45, 2.75) is 260 Å². The third kappa shape index (κ3) is 158. The summed E-state index contributed by atoms with van der Waals surface area (Å²) in [6, 6.07) is 30.5. The molecule has 4 aromatic carbocycles. The van der Waals surface area contributed by atoms with Gasteiger partial charge in [0.05, 0.1) is 13.1 Å². The summed E-state index contributed by atoms with van der Waals surface area (Å²) < 4.78 is 54.4. The average Bonchev–Trinajstić information content (AvgIpc) is 1.65. The maximum Gasteiger partial charge on any atom is 0 e. The molecule has 4 aliphatic carbocycles. The van der Waals surface area contributed by atoms with E-state index >= 15 is 0 Å². The molecule has 0 spiro atoms. The van der Waals surface area contributed by atoms with Gasteiger partial charge >= 0.3 is 56.5 Å². The number of rotatable bonds is 2. The van der Waals surface area contributed by atoms with Crippen LogP contribution >= 0.6 is 141 Å². The maximum absolute atomic E-state index is 10.1. The number of halogens is 7. The van der Waals surface area contributed by atoms with Crippen molar-refractivity contribution in [2.24, 2.45) is 0 Å². The largest absolute Gasteiger partial charge is 0 e. The molecular weight excluding hydrogens is 2240 g/mol. The van der Waals surface area contributed by atoms with Crippen LogP contribution in [0.2, 0.25) is 6.82 Å². The summed E-state index contributed by atoms with van der Waals surface area (Å²) >= 11 is 14.0. The normalized spacial score (nSPS) is 11.0. The fourth-order valence-electron chi connectivity index (χ4n) is 5.13.